The number of aliphatic carboxylic acids is 1. The second-order valence-electron chi connectivity index (χ2n) is 11.0. The van der Waals surface area contributed by atoms with Gasteiger partial charge < -0.3 is 14.7 Å². The normalized spacial score (nSPS) is 23.2. The van der Waals surface area contributed by atoms with Crippen molar-refractivity contribution in [3.8, 4) is 0 Å². The number of ether oxygens (including phenoxy) is 1. The van der Waals surface area contributed by atoms with Crippen LogP contribution in [0.5, 0.6) is 0 Å². The highest BCUT2D eigenvalue weighted by Crippen LogP contribution is 2.49. The third-order valence-electron chi connectivity index (χ3n) is 6.74. The number of carbonyl (C=O) groups excluding carboxylic acids is 1. The highest BCUT2D eigenvalue weighted by Gasteiger charge is 2.55. The van der Waals surface area contributed by atoms with E-state index >= 15 is 0 Å². The minimum atomic E-state index is -4.87. The first-order chi connectivity index (χ1) is 18.2. The second kappa shape index (κ2) is 11.5. The third kappa shape index (κ3) is 7.29. The van der Waals surface area contributed by atoms with Gasteiger partial charge in [-0.05, 0) is 63.1 Å². The summed E-state index contributed by atoms with van der Waals surface area (Å²) in [6.45, 7) is 5.24. The molecule has 2 aromatic rings. The van der Waals surface area contributed by atoms with E-state index in [1.54, 1.807) is 18.2 Å². The molecular formula is C27H30Cl2F3NO6S. The molecule has 0 aliphatic carbocycles. The van der Waals surface area contributed by atoms with E-state index in [1.807, 2.05) is 0 Å². The number of rotatable bonds is 8. The van der Waals surface area contributed by atoms with E-state index in [4.69, 9.17) is 27.9 Å². The lowest BCUT2D eigenvalue weighted by Crippen LogP contribution is -2.62. The summed E-state index contributed by atoms with van der Waals surface area (Å²) in [4.78, 5) is 26.7. The summed E-state index contributed by atoms with van der Waals surface area (Å²) in [5.74, 6) is -3.52. The van der Waals surface area contributed by atoms with Gasteiger partial charge in [0.15, 0.2) is 15.4 Å². The SMILES string of the molecule is CC(C)(C)S(=O)(=O)C[C@H](CC(F)(F)F)N1C(=O)[C@](C)(CC(=O)O)O[C@H](c2cccc(Cl)c2)[C@H]1c1ccc(Cl)cc1. The number of hydrogen-bond acceptors (Lipinski definition) is 5. The van der Waals surface area contributed by atoms with Crippen LogP contribution in [0.25, 0.3) is 0 Å². The summed E-state index contributed by atoms with van der Waals surface area (Å²) in [5.41, 5.74) is -1.47. The summed E-state index contributed by atoms with van der Waals surface area (Å²) in [7, 11) is -4.20. The van der Waals surface area contributed by atoms with Crippen molar-refractivity contribution >= 4 is 44.9 Å². The monoisotopic (exact) mass is 623 g/mol. The molecule has 0 saturated carbocycles. The first kappa shape index (κ1) is 32.2. The Labute approximate surface area is 241 Å². The lowest BCUT2D eigenvalue weighted by atomic mass is 9.86. The van der Waals surface area contributed by atoms with Gasteiger partial charge in [-0.2, -0.15) is 13.2 Å². The Morgan fingerprint density at radius 1 is 1.07 bits per heavy atom. The van der Waals surface area contributed by atoms with Crippen LogP contribution in [0.4, 0.5) is 13.2 Å². The maximum absolute atomic E-state index is 14.1. The van der Waals surface area contributed by atoms with Crippen LogP contribution in [0.15, 0.2) is 48.5 Å². The van der Waals surface area contributed by atoms with Crippen LogP contribution in [0.3, 0.4) is 0 Å². The van der Waals surface area contributed by atoms with E-state index in [1.165, 1.54) is 58.0 Å². The number of carboxylic acids is 1. The van der Waals surface area contributed by atoms with Gasteiger partial charge in [-0.25, -0.2) is 8.42 Å². The number of benzene rings is 2. The maximum atomic E-state index is 14.1. The zero-order valence-corrected chi connectivity index (χ0v) is 24.5. The summed E-state index contributed by atoms with van der Waals surface area (Å²) < 4.78 is 73.3. The van der Waals surface area contributed by atoms with Crippen LogP contribution < -0.4 is 0 Å². The molecule has 3 rings (SSSR count). The van der Waals surface area contributed by atoms with Crippen molar-refractivity contribution in [2.24, 2.45) is 0 Å². The smallest absolute Gasteiger partial charge is 0.391 e. The molecule has 220 valence electrons. The van der Waals surface area contributed by atoms with Crippen LogP contribution >= 0.6 is 23.2 Å². The average Bonchev–Trinajstić information content (AvgIpc) is 2.78. The Hall–Kier alpha value is -2.34. The zero-order chi connectivity index (χ0) is 30.3. The lowest BCUT2D eigenvalue weighted by molar-refractivity contribution is -0.212. The van der Waals surface area contributed by atoms with E-state index in [-0.39, 0.29) is 5.02 Å². The molecule has 1 amide bonds. The van der Waals surface area contributed by atoms with Gasteiger partial charge in [0, 0.05) is 10.0 Å². The minimum absolute atomic E-state index is 0.265. The number of sulfone groups is 1. The highest BCUT2D eigenvalue weighted by atomic mass is 35.5. The molecule has 0 bridgehead atoms. The molecular weight excluding hydrogens is 594 g/mol. The van der Waals surface area contributed by atoms with Gasteiger partial charge in [-0.3, -0.25) is 9.59 Å². The molecule has 1 aliphatic rings. The first-order valence-electron chi connectivity index (χ1n) is 12.3. The number of halogens is 5. The standard InChI is InChI=1S/C27H30Cl2F3NO6S/c1-25(2,3)40(37,38)15-20(13-27(30,31)32)33-22(16-8-10-18(28)11-9-16)23(17-6-5-7-19(29)12-17)39-26(4,24(33)36)14-21(34)35/h5-12,20,22-23H,13-15H2,1-4H3,(H,34,35)/t20-,22+,23+,26-/m0/s1. The van der Waals surface area contributed by atoms with Crippen LogP contribution in [0.2, 0.25) is 10.0 Å². The number of carboxylic acid groups (broad SMARTS) is 1. The average molecular weight is 625 g/mol. The molecule has 0 unspecified atom stereocenters. The number of hydrogen-bond donors (Lipinski definition) is 1. The molecule has 7 nitrogen and oxygen atoms in total. The Bertz CT molecular complexity index is 1360. The Kier molecular flexibility index (Phi) is 9.25. The van der Waals surface area contributed by atoms with Crippen LogP contribution in [-0.2, 0) is 24.2 Å². The fraction of sp³-hybridized carbons (Fsp3) is 0.481. The maximum Gasteiger partial charge on any atom is 0.391 e. The molecule has 1 saturated heterocycles. The van der Waals surface area contributed by atoms with Crippen molar-refractivity contribution in [1.82, 2.24) is 4.90 Å². The molecule has 13 heteroatoms. The molecule has 2 aromatic carbocycles. The number of amides is 1. The van der Waals surface area contributed by atoms with E-state index < -0.39 is 75.0 Å². The van der Waals surface area contributed by atoms with Crippen molar-refractivity contribution < 1.29 is 41.0 Å². The summed E-state index contributed by atoms with van der Waals surface area (Å²) >= 11 is 12.3. The molecule has 1 N–H and O–H groups in total. The largest absolute Gasteiger partial charge is 0.481 e. The fourth-order valence-electron chi connectivity index (χ4n) is 4.68. The molecule has 0 aromatic heterocycles. The summed E-state index contributed by atoms with van der Waals surface area (Å²) in [6, 6.07) is 8.97. The summed E-state index contributed by atoms with van der Waals surface area (Å²) in [6.07, 6.45) is -8.60. The van der Waals surface area contributed by atoms with Crippen LogP contribution in [0, 0.1) is 0 Å². The van der Waals surface area contributed by atoms with E-state index in [2.05, 4.69) is 0 Å². The molecule has 40 heavy (non-hydrogen) atoms. The number of alkyl halides is 3. The molecule has 0 spiro atoms. The second-order valence-corrected chi connectivity index (χ2v) is 14.6. The predicted octanol–water partition coefficient (Wildman–Crippen LogP) is 6.40. The van der Waals surface area contributed by atoms with E-state index in [9.17, 15) is 36.3 Å². The van der Waals surface area contributed by atoms with Gasteiger partial charge in [0.1, 0.15) is 6.10 Å². The lowest BCUT2D eigenvalue weighted by Gasteiger charge is -2.51. The van der Waals surface area contributed by atoms with Crippen molar-refractivity contribution in [2.45, 2.75) is 75.2 Å². The fourth-order valence-corrected chi connectivity index (χ4v) is 6.29. The number of morpholine rings is 1. The van der Waals surface area contributed by atoms with Crippen LogP contribution in [-0.4, -0.2) is 58.6 Å². The molecule has 0 radical (unpaired) electrons. The van der Waals surface area contributed by atoms with Gasteiger partial charge in [0.05, 0.1) is 35.4 Å². The van der Waals surface area contributed by atoms with Gasteiger partial charge in [0.25, 0.3) is 5.91 Å². The Balaban J connectivity index is 2.35. The van der Waals surface area contributed by atoms with E-state index in [0.29, 0.717) is 16.1 Å². The van der Waals surface area contributed by atoms with Crippen molar-refractivity contribution in [3.63, 3.8) is 0 Å². The summed E-state index contributed by atoms with van der Waals surface area (Å²) in [5, 5.41) is 10.2. The van der Waals surface area contributed by atoms with Gasteiger partial charge >= 0.3 is 12.1 Å². The van der Waals surface area contributed by atoms with Crippen molar-refractivity contribution in [1.29, 1.82) is 0 Å². The van der Waals surface area contributed by atoms with E-state index in [0.717, 1.165) is 4.90 Å². The Morgan fingerprint density at radius 2 is 1.68 bits per heavy atom. The van der Waals surface area contributed by atoms with Gasteiger partial charge in [-0.15, -0.1) is 0 Å². The van der Waals surface area contributed by atoms with Gasteiger partial charge in [-0.1, -0.05) is 47.5 Å². The quantitative estimate of drug-likeness (QED) is 0.365. The van der Waals surface area contributed by atoms with Gasteiger partial charge in [0.2, 0.25) is 0 Å². The molecule has 1 aliphatic heterocycles. The minimum Gasteiger partial charge on any atom is -0.481 e. The third-order valence-corrected chi connectivity index (χ3v) is 9.92. The van der Waals surface area contributed by atoms with Crippen molar-refractivity contribution in [2.75, 3.05) is 5.75 Å². The number of carbonyl (C=O) groups is 2. The van der Waals surface area contributed by atoms with Crippen molar-refractivity contribution in [3.05, 3.63) is 69.7 Å². The first-order valence-corrected chi connectivity index (χ1v) is 14.7. The Morgan fingerprint density at radius 3 is 2.17 bits per heavy atom. The topological polar surface area (TPSA) is 101 Å². The molecule has 1 heterocycles. The molecule has 4 atom stereocenters. The predicted molar refractivity (Wildman–Crippen MR) is 145 cm³/mol. The molecule has 1 fully saturated rings. The zero-order valence-electron chi connectivity index (χ0n) is 22.2. The highest BCUT2D eigenvalue weighted by molar-refractivity contribution is 7.92. The van der Waals surface area contributed by atoms with Crippen LogP contribution in [0.1, 0.15) is 63.8 Å². The number of nitrogens with zero attached hydrogens (tertiary/aromatic N) is 1.